The minimum atomic E-state index is -0.714. The van der Waals surface area contributed by atoms with Crippen molar-refractivity contribution < 1.29 is 9.59 Å². The average molecular weight is 412 g/mol. The Labute approximate surface area is 173 Å². The summed E-state index contributed by atoms with van der Waals surface area (Å²) in [6.07, 6.45) is 5.39. The summed E-state index contributed by atoms with van der Waals surface area (Å²) in [7, 11) is 0. The van der Waals surface area contributed by atoms with Gasteiger partial charge in [0, 0.05) is 30.5 Å². The standard InChI is InChI=1S/C21H22ClN5O2/c22-18-8-4-3-7-17(18)19(26-21(23)29)11-20(28)25-12-15-5-1-2-6-16(15)13-27-10-9-24-14-27/h1-10,14,19H,11-13H2,(H,25,28)(H3,23,26,29). The lowest BCUT2D eigenvalue weighted by atomic mass is 10.0. The molecule has 1 atom stereocenters. The van der Waals surface area contributed by atoms with Gasteiger partial charge in [-0.2, -0.15) is 0 Å². The zero-order valence-electron chi connectivity index (χ0n) is 15.7. The Bertz CT molecular complexity index is 975. The molecule has 4 N–H and O–H groups in total. The second-order valence-electron chi connectivity index (χ2n) is 6.57. The smallest absolute Gasteiger partial charge is 0.312 e. The highest BCUT2D eigenvalue weighted by atomic mass is 35.5. The second kappa shape index (κ2) is 9.75. The number of hydrogen-bond donors (Lipinski definition) is 3. The highest BCUT2D eigenvalue weighted by Crippen LogP contribution is 2.25. The van der Waals surface area contributed by atoms with Crippen LogP contribution in [0.2, 0.25) is 5.02 Å². The van der Waals surface area contributed by atoms with E-state index in [0.29, 0.717) is 23.7 Å². The molecule has 0 aliphatic heterocycles. The van der Waals surface area contributed by atoms with Gasteiger partial charge in [0.1, 0.15) is 0 Å². The second-order valence-corrected chi connectivity index (χ2v) is 6.97. The number of primary amides is 1. The summed E-state index contributed by atoms with van der Waals surface area (Å²) in [6, 6.07) is 13.6. The van der Waals surface area contributed by atoms with Crippen LogP contribution >= 0.6 is 11.6 Å². The molecule has 3 aromatic rings. The Morgan fingerprint density at radius 3 is 2.52 bits per heavy atom. The highest BCUT2D eigenvalue weighted by Gasteiger charge is 2.19. The summed E-state index contributed by atoms with van der Waals surface area (Å²) >= 11 is 6.22. The number of halogens is 1. The maximum atomic E-state index is 12.6. The topological polar surface area (TPSA) is 102 Å². The lowest BCUT2D eigenvalue weighted by molar-refractivity contribution is -0.121. The number of benzene rings is 2. The first kappa shape index (κ1) is 20.4. The van der Waals surface area contributed by atoms with Crippen molar-refractivity contribution in [3.8, 4) is 0 Å². The van der Waals surface area contributed by atoms with Gasteiger partial charge in [-0.3, -0.25) is 4.79 Å². The number of amides is 3. The molecule has 1 aromatic heterocycles. The molecule has 0 fully saturated rings. The fourth-order valence-electron chi connectivity index (χ4n) is 3.08. The van der Waals surface area contributed by atoms with Gasteiger partial charge < -0.3 is 20.9 Å². The van der Waals surface area contributed by atoms with Crippen LogP contribution in [0, 0.1) is 0 Å². The molecule has 2 aromatic carbocycles. The molecule has 1 heterocycles. The van der Waals surface area contributed by atoms with Crippen LogP contribution < -0.4 is 16.4 Å². The lowest BCUT2D eigenvalue weighted by Gasteiger charge is -2.19. The first-order chi connectivity index (χ1) is 14.0. The first-order valence-corrected chi connectivity index (χ1v) is 9.50. The number of carbonyl (C=O) groups excluding carboxylic acids is 2. The minimum absolute atomic E-state index is 0.0242. The third-order valence-electron chi connectivity index (χ3n) is 4.49. The van der Waals surface area contributed by atoms with Crippen molar-refractivity contribution in [3.05, 3.63) is 89.0 Å². The number of aromatic nitrogens is 2. The lowest BCUT2D eigenvalue weighted by Crippen LogP contribution is -2.36. The SMILES string of the molecule is NC(=O)NC(CC(=O)NCc1ccccc1Cn1ccnc1)c1ccccc1Cl. The van der Waals surface area contributed by atoms with Crippen LogP contribution in [0.1, 0.15) is 29.2 Å². The van der Waals surface area contributed by atoms with Gasteiger partial charge in [-0.15, -0.1) is 0 Å². The van der Waals surface area contributed by atoms with Crippen molar-refractivity contribution in [2.24, 2.45) is 5.73 Å². The fourth-order valence-corrected chi connectivity index (χ4v) is 3.35. The van der Waals surface area contributed by atoms with Gasteiger partial charge in [0.15, 0.2) is 0 Å². The van der Waals surface area contributed by atoms with Crippen molar-refractivity contribution in [2.45, 2.75) is 25.6 Å². The quantitative estimate of drug-likeness (QED) is 0.531. The van der Waals surface area contributed by atoms with Crippen LogP contribution in [0.4, 0.5) is 4.79 Å². The van der Waals surface area contributed by atoms with E-state index in [1.807, 2.05) is 35.0 Å². The third-order valence-corrected chi connectivity index (χ3v) is 4.84. The zero-order chi connectivity index (χ0) is 20.6. The van der Waals surface area contributed by atoms with Crippen molar-refractivity contribution in [2.75, 3.05) is 0 Å². The summed E-state index contributed by atoms with van der Waals surface area (Å²) in [5, 5.41) is 5.97. The molecule has 8 heteroatoms. The van der Waals surface area contributed by atoms with Crippen LogP contribution in [0.15, 0.2) is 67.3 Å². The maximum absolute atomic E-state index is 12.6. The third kappa shape index (κ3) is 5.83. The molecule has 0 bridgehead atoms. The number of nitrogens with two attached hydrogens (primary N) is 1. The molecule has 0 radical (unpaired) electrons. The molecule has 3 rings (SSSR count). The predicted molar refractivity (Wildman–Crippen MR) is 111 cm³/mol. The molecule has 0 saturated carbocycles. The van der Waals surface area contributed by atoms with Crippen molar-refractivity contribution in [3.63, 3.8) is 0 Å². The van der Waals surface area contributed by atoms with E-state index in [4.69, 9.17) is 17.3 Å². The van der Waals surface area contributed by atoms with E-state index in [0.717, 1.165) is 11.1 Å². The van der Waals surface area contributed by atoms with Gasteiger partial charge in [0.25, 0.3) is 0 Å². The van der Waals surface area contributed by atoms with Crippen molar-refractivity contribution in [1.82, 2.24) is 20.2 Å². The minimum Gasteiger partial charge on any atom is -0.352 e. The summed E-state index contributed by atoms with van der Waals surface area (Å²) in [5.74, 6) is -0.221. The Hall–Kier alpha value is -3.32. The summed E-state index contributed by atoms with van der Waals surface area (Å²) in [5.41, 5.74) is 8.01. The normalized spacial score (nSPS) is 11.6. The van der Waals surface area contributed by atoms with Crippen LogP contribution in [-0.2, 0) is 17.9 Å². The van der Waals surface area contributed by atoms with Crippen molar-refractivity contribution >= 4 is 23.5 Å². The van der Waals surface area contributed by atoms with Gasteiger partial charge in [-0.1, -0.05) is 54.1 Å². The molecule has 0 saturated heterocycles. The highest BCUT2D eigenvalue weighted by molar-refractivity contribution is 6.31. The molecule has 7 nitrogen and oxygen atoms in total. The van der Waals surface area contributed by atoms with E-state index in [1.165, 1.54) is 0 Å². The number of rotatable bonds is 8. The van der Waals surface area contributed by atoms with Crippen molar-refractivity contribution in [1.29, 1.82) is 0 Å². The van der Waals surface area contributed by atoms with E-state index in [-0.39, 0.29) is 12.3 Å². The largest absolute Gasteiger partial charge is 0.352 e. The molecular weight excluding hydrogens is 390 g/mol. The number of hydrogen-bond acceptors (Lipinski definition) is 3. The number of nitrogens with zero attached hydrogens (tertiary/aromatic N) is 2. The Morgan fingerprint density at radius 2 is 1.83 bits per heavy atom. The molecule has 0 spiro atoms. The summed E-state index contributed by atoms with van der Waals surface area (Å²) in [6.45, 7) is 1.03. The molecular formula is C21H22ClN5O2. The van der Waals surface area contributed by atoms with Crippen LogP contribution in [0.3, 0.4) is 0 Å². The van der Waals surface area contributed by atoms with Crippen LogP contribution in [-0.4, -0.2) is 21.5 Å². The zero-order valence-corrected chi connectivity index (χ0v) is 16.5. The number of urea groups is 1. The van der Waals surface area contributed by atoms with Crippen LogP contribution in [0.25, 0.3) is 0 Å². The molecule has 0 aliphatic rings. The molecule has 150 valence electrons. The molecule has 3 amide bonds. The van der Waals surface area contributed by atoms with Gasteiger partial charge in [-0.05, 0) is 22.8 Å². The van der Waals surface area contributed by atoms with E-state index < -0.39 is 12.1 Å². The number of nitrogens with one attached hydrogen (secondary N) is 2. The molecule has 1 unspecified atom stereocenters. The van der Waals surface area contributed by atoms with Gasteiger partial charge in [0.05, 0.1) is 18.8 Å². The number of imidazole rings is 1. The molecule has 0 aliphatic carbocycles. The first-order valence-electron chi connectivity index (χ1n) is 9.12. The van der Waals surface area contributed by atoms with E-state index >= 15 is 0 Å². The van der Waals surface area contributed by atoms with E-state index in [1.54, 1.807) is 36.8 Å². The Morgan fingerprint density at radius 1 is 1.10 bits per heavy atom. The van der Waals surface area contributed by atoms with E-state index in [9.17, 15) is 9.59 Å². The van der Waals surface area contributed by atoms with E-state index in [2.05, 4.69) is 15.6 Å². The summed E-state index contributed by atoms with van der Waals surface area (Å²) in [4.78, 5) is 28.0. The molecule has 29 heavy (non-hydrogen) atoms. The fraction of sp³-hybridized carbons (Fsp3) is 0.190. The van der Waals surface area contributed by atoms with Gasteiger partial charge in [-0.25, -0.2) is 9.78 Å². The number of carbonyl (C=O) groups is 2. The van der Waals surface area contributed by atoms with Gasteiger partial charge >= 0.3 is 6.03 Å². The Kier molecular flexibility index (Phi) is 6.86. The van der Waals surface area contributed by atoms with Gasteiger partial charge in [0.2, 0.25) is 5.91 Å². The predicted octanol–water partition coefficient (Wildman–Crippen LogP) is 3.00. The average Bonchev–Trinajstić information content (AvgIpc) is 3.20. The Balaban J connectivity index is 1.65. The van der Waals surface area contributed by atoms with Crippen LogP contribution in [0.5, 0.6) is 0 Å². The monoisotopic (exact) mass is 411 g/mol. The maximum Gasteiger partial charge on any atom is 0.312 e. The summed E-state index contributed by atoms with van der Waals surface area (Å²) < 4.78 is 1.96.